The number of carbonyl (C=O) groups excluding carboxylic acids is 1. The molecule has 28 heavy (non-hydrogen) atoms. The number of aromatic nitrogens is 3. The van der Waals surface area contributed by atoms with E-state index in [2.05, 4.69) is 40.5 Å². The van der Waals surface area contributed by atoms with Crippen LogP contribution in [0.15, 0.2) is 36.7 Å². The van der Waals surface area contributed by atoms with Gasteiger partial charge in [-0.25, -0.2) is 9.97 Å². The summed E-state index contributed by atoms with van der Waals surface area (Å²) in [6, 6.07) is 9.88. The van der Waals surface area contributed by atoms with Gasteiger partial charge in [0.2, 0.25) is 0 Å². The van der Waals surface area contributed by atoms with Crippen LogP contribution in [0.5, 0.6) is 0 Å². The number of carbonyl (C=O) groups is 1. The molecule has 7 nitrogen and oxygen atoms in total. The van der Waals surface area contributed by atoms with Crippen LogP contribution in [-0.2, 0) is 0 Å². The van der Waals surface area contributed by atoms with E-state index >= 15 is 0 Å². The first-order chi connectivity index (χ1) is 13.5. The molecule has 2 heterocycles. The number of benzene rings is 1. The summed E-state index contributed by atoms with van der Waals surface area (Å²) in [7, 11) is 0. The van der Waals surface area contributed by atoms with Crippen LogP contribution in [0.4, 0.5) is 5.82 Å². The largest absolute Gasteiger partial charge is 0.367 e. The third-order valence-electron chi connectivity index (χ3n) is 4.64. The van der Waals surface area contributed by atoms with Crippen LogP contribution in [0.25, 0.3) is 16.9 Å². The Morgan fingerprint density at radius 3 is 2.71 bits per heavy atom. The number of nitrogens with one attached hydrogen (secondary N) is 2. The van der Waals surface area contributed by atoms with Gasteiger partial charge in [-0.1, -0.05) is 26.0 Å². The number of rotatable bonds is 6. The molecule has 1 aliphatic rings. The van der Waals surface area contributed by atoms with Crippen LogP contribution in [0.3, 0.4) is 0 Å². The maximum Gasteiger partial charge on any atom is 0.251 e. The zero-order chi connectivity index (χ0) is 19.7. The van der Waals surface area contributed by atoms with Gasteiger partial charge in [-0.15, -0.1) is 0 Å². The molecule has 3 aromatic rings. The van der Waals surface area contributed by atoms with Crippen LogP contribution >= 0.6 is 0 Å². The topological polar surface area (TPSA) is 95.1 Å². The molecule has 0 aliphatic heterocycles. The Morgan fingerprint density at radius 2 is 2.07 bits per heavy atom. The average Bonchev–Trinajstić information content (AvgIpc) is 3.41. The second kappa shape index (κ2) is 7.31. The van der Waals surface area contributed by atoms with Gasteiger partial charge in [-0.05, 0) is 30.9 Å². The Bertz CT molecular complexity index is 1060. The Hall–Kier alpha value is -3.40. The normalized spacial score (nSPS) is 13.5. The molecule has 0 bridgehead atoms. The van der Waals surface area contributed by atoms with Gasteiger partial charge < -0.3 is 10.6 Å². The van der Waals surface area contributed by atoms with Crippen molar-refractivity contribution in [2.45, 2.75) is 32.7 Å². The number of amides is 1. The first kappa shape index (κ1) is 18.0. The zero-order valence-electron chi connectivity index (χ0n) is 15.9. The molecule has 0 radical (unpaired) electrons. The van der Waals surface area contributed by atoms with Gasteiger partial charge in [-0.3, -0.25) is 9.20 Å². The minimum absolute atomic E-state index is 0.0386. The molecule has 0 spiro atoms. The standard InChI is InChI=1S/C21H22N6O/c1-13(2)10-23-19-20-24-11-18(27(20)12-17(9-22)25-19)14-3-5-15(6-4-14)21(28)26-16-7-8-16/h3-6,11-13,16H,7-8,10H2,1-2H3,(H,23,25)(H,26,28). The Balaban J connectivity index is 1.67. The summed E-state index contributed by atoms with van der Waals surface area (Å²) >= 11 is 0. The van der Waals surface area contributed by atoms with Crippen molar-refractivity contribution in [3.8, 4) is 17.3 Å². The fourth-order valence-corrected chi connectivity index (χ4v) is 2.96. The highest BCUT2D eigenvalue weighted by Gasteiger charge is 2.23. The molecule has 7 heteroatoms. The highest BCUT2D eigenvalue weighted by molar-refractivity contribution is 5.95. The quantitative estimate of drug-likeness (QED) is 0.691. The lowest BCUT2D eigenvalue weighted by molar-refractivity contribution is 0.0951. The van der Waals surface area contributed by atoms with Crippen molar-refractivity contribution in [2.75, 3.05) is 11.9 Å². The highest BCUT2D eigenvalue weighted by atomic mass is 16.1. The molecule has 2 N–H and O–H groups in total. The predicted molar refractivity (Wildman–Crippen MR) is 107 cm³/mol. The maximum absolute atomic E-state index is 12.2. The summed E-state index contributed by atoms with van der Waals surface area (Å²) in [6.07, 6.45) is 5.58. The smallest absolute Gasteiger partial charge is 0.251 e. The zero-order valence-corrected chi connectivity index (χ0v) is 15.9. The predicted octanol–water partition coefficient (Wildman–Crippen LogP) is 3.23. The number of hydrogen-bond donors (Lipinski definition) is 2. The molecule has 1 amide bonds. The van der Waals surface area contributed by atoms with Crippen molar-refractivity contribution in [3.63, 3.8) is 0 Å². The van der Waals surface area contributed by atoms with Gasteiger partial charge in [0.15, 0.2) is 17.2 Å². The van der Waals surface area contributed by atoms with Crippen LogP contribution in [0.1, 0.15) is 42.7 Å². The second-order valence-electron chi connectivity index (χ2n) is 7.52. The lowest BCUT2D eigenvalue weighted by Gasteiger charge is -2.10. The van der Waals surface area contributed by atoms with Crippen molar-refractivity contribution in [1.82, 2.24) is 19.7 Å². The summed E-state index contributed by atoms with van der Waals surface area (Å²) < 4.78 is 1.87. The van der Waals surface area contributed by atoms with Gasteiger partial charge >= 0.3 is 0 Å². The van der Waals surface area contributed by atoms with E-state index in [1.165, 1.54) is 0 Å². The molecule has 2 aromatic heterocycles. The van der Waals surface area contributed by atoms with Crippen LogP contribution in [-0.4, -0.2) is 32.9 Å². The van der Waals surface area contributed by atoms with E-state index in [4.69, 9.17) is 0 Å². The molecule has 1 fully saturated rings. The van der Waals surface area contributed by atoms with Gasteiger partial charge in [0.1, 0.15) is 6.07 Å². The lowest BCUT2D eigenvalue weighted by Crippen LogP contribution is -2.25. The number of hydrogen-bond acceptors (Lipinski definition) is 5. The van der Waals surface area contributed by atoms with Gasteiger partial charge in [0.05, 0.1) is 11.9 Å². The minimum atomic E-state index is -0.0386. The van der Waals surface area contributed by atoms with Gasteiger partial charge in [-0.2, -0.15) is 5.26 Å². The molecule has 0 saturated heterocycles. The highest BCUT2D eigenvalue weighted by Crippen LogP contribution is 2.25. The third-order valence-corrected chi connectivity index (χ3v) is 4.64. The van der Waals surface area contributed by atoms with E-state index in [0.29, 0.717) is 34.7 Å². The summed E-state index contributed by atoms with van der Waals surface area (Å²) in [5, 5.41) is 15.6. The van der Waals surface area contributed by atoms with Crippen molar-refractivity contribution in [1.29, 1.82) is 5.26 Å². The molecule has 1 aliphatic carbocycles. The fraction of sp³-hybridized carbons (Fsp3) is 0.333. The molecule has 0 unspecified atom stereocenters. The van der Waals surface area contributed by atoms with Gasteiger partial charge in [0, 0.05) is 29.9 Å². The molecular weight excluding hydrogens is 352 g/mol. The van der Waals surface area contributed by atoms with E-state index in [-0.39, 0.29) is 5.91 Å². The molecule has 1 saturated carbocycles. The lowest BCUT2D eigenvalue weighted by atomic mass is 10.1. The number of nitrogens with zero attached hydrogens (tertiary/aromatic N) is 4. The first-order valence-corrected chi connectivity index (χ1v) is 9.48. The van der Waals surface area contributed by atoms with E-state index in [1.807, 2.05) is 28.7 Å². The second-order valence-corrected chi connectivity index (χ2v) is 7.52. The van der Waals surface area contributed by atoms with E-state index in [0.717, 1.165) is 30.6 Å². The Morgan fingerprint density at radius 1 is 1.32 bits per heavy atom. The van der Waals surface area contributed by atoms with Crippen molar-refractivity contribution < 1.29 is 4.79 Å². The minimum Gasteiger partial charge on any atom is -0.367 e. The van der Waals surface area contributed by atoms with E-state index in [1.54, 1.807) is 12.4 Å². The molecule has 142 valence electrons. The van der Waals surface area contributed by atoms with Crippen LogP contribution in [0.2, 0.25) is 0 Å². The van der Waals surface area contributed by atoms with Gasteiger partial charge in [0.25, 0.3) is 5.91 Å². The Kier molecular flexibility index (Phi) is 4.70. The monoisotopic (exact) mass is 374 g/mol. The summed E-state index contributed by atoms with van der Waals surface area (Å²) in [4.78, 5) is 21.0. The molecule has 0 atom stereocenters. The first-order valence-electron chi connectivity index (χ1n) is 9.48. The summed E-state index contributed by atoms with van der Waals surface area (Å²) in [6.45, 7) is 4.96. The SMILES string of the molecule is CC(C)CNc1nc(C#N)cn2c(-c3ccc(C(=O)NC4CC4)cc3)cnc12. The molecule has 4 rings (SSSR count). The number of anilines is 1. The number of nitriles is 1. The van der Waals surface area contributed by atoms with Crippen molar-refractivity contribution in [2.24, 2.45) is 5.92 Å². The number of fused-ring (bicyclic) bond motifs is 1. The van der Waals surface area contributed by atoms with Crippen molar-refractivity contribution >= 4 is 17.4 Å². The molecule has 1 aromatic carbocycles. The molecular formula is C21H22N6O. The van der Waals surface area contributed by atoms with Crippen molar-refractivity contribution in [3.05, 3.63) is 47.9 Å². The number of imidazole rings is 1. The van der Waals surface area contributed by atoms with E-state index in [9.17, 15) is 10.1 Å². The van der Waals surface area contributed by atoms with Crippen LogP contribution in [0, 0.1) is 17.2 Å². The Labute approximate surface area is 163 Å². The fourth-order valence-electron chi connectivity index (χ4n) is 2.96. The average molecular weight is 374 g/mol. The summed E-state index contributed by atoms with van der Waals surface area (Å²) in [5.74, 6) is 0.999. The third kappa shape index (κ3) is 3.67. The maximum atomic E-state index is 12.2. The van der Waals surface area contributed by atoms with Crippen LogP contribution < -0.4 is 10.6 Å². The summed E-state index contributed by atoms with van der Waals surface area (Å²) in [5.41, 5.74) is 3.39. The van der Waals surface area contributed by atoms with E-state index < -0.39 is 0 Å².